The lowest BCUT2D eigenvalue weighted by Crippen LogP contribution is -2.11. The predicted molar refractivity (Wildman–Crippen MR) is 66.3 cm³/mol. The number of ether oxygens (including phenoxy) is 1. The Morgan fingerprint density at radius 3 is 2.50 bits per heavy atom. The topological polar surface area (TPSA) is 29.5 Å². The van der Waals surface area contributed by atoms with Crippen LogP contribution >= 0.6 is 0 Å². The second kappa shape index (κ2) is 7.42. The second-order valence-electron chi connectivity index (χ2n) is 4.19. The third-order valence-electron chi connectivity index (χ3n) is 2.67. The Kier molecular flexibility index (Phi) is 6.12. The molecule has 0 aliphatic carbocycles. The van der Waals surface area contributed by atoms with Crippen molar-refractivity contribution in [3.8, 4) is 0 Å². The fourth-order valence-corrected chi connectivity index (χ4v) is 1.71. The first kappa shape index (κ1) is 13.2. The van der Waals surface area contributed by atoms with Crippen molar-refractivity contribution in [2.45, 2.75) is 45.3 Å². The van der Waals surface area contributed by atoms with E-state index in [9.17, 15) is 5.11 Å². The van der Waals surface area contributed by atoms with E-state index in [4.69, 9.17) is 4.74 Å². The maximum Gasteiger partial charge on any atom is 0.0812 e. The second-order valence-corrected chi connectivity index (χ2v) is 4.19. The van der Waals surface area contributed by atoms with Crippen LogP contribution < -0.4 is 0 Å². The van der Waals surface area contributed by atoms with Crippen LogP contribution in [-0.2, 0) is 4.74 Å². The van der Waals surface area contributed by atoms with E-state index >= 15 is 0 Å². The lowest BCUT2D eigenvalue weighted by atomic mass is 10.1. The smallest absolute Gasteiger partial charge is 0.0812 e. The highest BCUT2D eigenvalue weighted by atomic mass is 16.5. The van der Waals surface area contributed by atoms with E-state index in [-0.39, 0.29) is 0 Å². The van der Waals surface area contributed by atoms with E-state index < -0.39 is 6.10 Å². The molecule has 0 radical (unpaired) electrons. The molecule has 0 saturated carbocycles. The van der Waals surface area contributed by atoms with Gasteiger partial charge in [0.2, 0.25) is 0 Å². The van der Waals surface area contributed by atoms with Crippen molar-refractivity contribution >= 4 is 0 Å². The van der Waals surface area contributed by atoms with Crippen LogP contribution in [0.25, 0.3) is 0 Å². The van der Waals surface area contributed by atoms with Crippen molar-refractivity contribution < 1.29 is 9.84 Å². The molecule has 0 aliphatic rings. The number of aliphatic hydroxyl groups excluding tert-OH is 1. The van der Waals surface area contributed by atoms with Crippen LogP contribution in [0, 0.1) is 0 Å². The van der Waals surface area contributed by atoms with Gasteiger partial charge in [-0.2, -0.15) is 0 Å². The van der Waals surface area contributed by atoms with Gasteiger partial charge in [-0.3, -0.25) is 0 Å². The summed E-state index contributed by atoms with van der Waals surface area (Å²) in [7, 11) is 0. The Morgan fingerprint density at radius 1 is 1.19 bits per heavy atom. The maximum absolute atomic E-state index is 9.88. The van der Waals surface area contributed by atoms with E-state index in [0.717, 1.165) is 18.4 Å². The molecular formula is C14H22O2. The first-order valence-corrected chi connectivity index (χ1v) is 6.08. The quantitative estimate of drug-likeness (QED) is 0.767. The molecule has 0 aliphatic heterocycles. The molecule has 2 heteroatoms. The average Bonchev–Trinajstić information content (AvgIpc) is 2.30. The summed E-state index contributed by atoms with van der Waals surface area (Å²) in [4.78, 5) is 0. The zero-order valence-electron chi connectivity index (χ0n) is 10.2. The number of hydrogen-bond acceptors (Lipinski definition) is 2. The zero-order chi connectivity index (χ0) is 11.8. The Hall–Kier alpha value is -0.860. The van der Waals surface area contributed by atoms with Gasteiger partial charge in [-0.25, -0.2) is 0 Å². The van der Waals surface area contributed by atoms with Crippen molar-refractivity contribution in [1.29, 1.82) is 0 Å². The molecule has 1 aromatic rings. The van der Waals surface area contributed by atoms with Crippen LogP contribution in [-0.4, -0.2) is 17.8 Å². The van der Waals surface area contributed by atoms with Crippen LogP contribution in [0.15, 0.2) is 30.3 Å². The summed E-state index contributed by atoms with van der Waals surface area (Å²) in [5.74, 6) is 0. The maximum atomic E-state index is 9.88. The van der Waals surface area contributed by atoms with Gasteiger partial charge in [0, 0.05) is 13.0 Å². The fourth-order valence-electron chi connectivity index (χ4n) is 1.71. The Labute approximate surface area is 98.3 Å². The molecule has 2 atom stereocenters. The molecule has 1 N–H and O–H groups in total. The minimum Gasteiger partial charge on any atom is -0.388 e. The number of hydrogen-bond donors (Lipinski definition) is 1. The van der Waals surface area contributed by atoms with Gasteiger partial charge in [0.1, 0.15) is 0 Å². The number of benzene rings is 1. The van der Waals surface area contributed by atoms with E-state index in [1.54, 1.807) is 0 Å². The van der Waals surface area contributed by atoms with Crippen molar-refractivity contribution in [3.63, 3.8) is 0 Å². The zero-order valence-corrected chi connectivity index (χ0v) is 10.2. The Balaban J connectivity index is 2.23. The van der Waals surface area contributed by atoms with E-state index in [1.807, 2.05) is 30.3 Å². The lowest BCUT2D eigenvalue weighted by Gasteiger charge is -2.14. The van der Waals surface area contributed by atoms with Crippen LogP contribution in [0.1, 0.15) is 44.8 Å². The van der Waals surface area contributed by atoms with Crippen LogP contribution in [0.2, 0.25) is 0 Å². The first-order chi connectivity index (χ1) is 7.74. The minimum absolute atomic E-state index is 0.299. The van der Waals surface area contributed by atoms with Gasteiger partial charge < -0.3 is 9.84 Å². The first-order valence-electron chi connectivity index (χ1n) is 6.08. The fraction of sp³-hybridized carbons (Fsp3) is 0.571. The number of rotatable bonds is 7. The van der Waals surface area contributed by atoms with Gasteiger partial charge in [0.15, 0.2) is 0 Å². The summed E-state index contributed by atoms with van der Waals surface area (Å²) in [6, 6.07) is 9.73. The van der Waals surface area contributed by atoms with Gasteiger partial charge in [-0.05, 0) is 18.9 Å². The lowest BCUT2D eigenvalue weighted by molar-refractivity contribution is 0.0330. The van der Waals surface area contributed by atoms with E-state index in [2.05, 4.69) is 13.8 Å². The van der Waals surface area contributed by atoms with Gasteiger partial charge in [-0.1, -0.05) is 43.7 Å². The molecule has 1 aromatic carbocycles. The van der Waals surface area contributed by atoms with Crippen LogP contribution in [0.5, 0.6) is 0 Å². The van der Waals surface area contributed by atoms with Gasteiger partial charge in [0.25, 0.3) is 0 Å². The van der Waals surface area contributed by atoms with Gasteiger partial charge in [-0.15, -0.1) is 0 Å². The summed E-state index contributed by atoms with van der Waals surface area (Å²) in [6.07, 6.45) is 2.78. The standard InChI is InChI=1S/C14H22O2/c1-3-7-12(2)16-11-10-14(15)13-8-5-4-6-9-13/h4-6,8-9,12,14-15H,3,7,10-11H2,1-2H3. The molecule has 1 rings (SSSR count). The van der Waals surface area contributed by atoms with E-state index in [0.29, 0.717) is 19.1 Å². The molecular weight excluding hydrogens is 200 g/mol. The average molecular weight is 222 g/mol. The molecule has 0 spiro atoms. The normalized spacial score (nSPS) is 14.7. The number of aliphatic hydroxyl groups is 1. The Bertz CT molecular complexity index is 271. The highest BCUT2D eigenvalue weighted by Crippen LogP contribution is 2.16. The highest BCUT2D eigenvalue weighted by Gasteiger charge is 2.07. The van der Waals surface area contributed by atoms with Crippen molar-refractivity contribution in [3.05, 3.63) is 35.9 Å². The van der Waals surface area contributed by atoms with Crippen LogP contribution in [0.3, 0.4) is 0 Å². The molecule has 16 heavy (non-hydrogen) atoms. The third-order valence-corrected chi connectivity index (χ3v) is 2.67. The molecule has 0 bridgehead atoms. The SMILES string of the molecule is CCCC(C)OCCC(O)c1ccccc1. The largest absolute Gasteiger partial charge is 0.388 e. The van der Waals surface area contributed by atoms with Gasteiger partial charge in [0.05, 0.1) is 12.2 Å². The molecule has 0 fully saturated rings. The molecule has 2 nitrogen and oxygen atoms in total. The highest BCUT2D eigenvalue weighted by molar-refractivity contribution is 5.16. The van der Waals surface area contributed by atoms with Gasteiger partial charge >= 0.3 is 0 Å². The summed E-state index contributed by atoms with van der Waals surface area (Å²) >= 11 is 0. The molecule has 0 aromatic heterocycles. The van der Waals surface area contributed by atoms with Crippen molar-refractivity contribution in [2.24, 2.45) is 0 Å². The molecule has 90 valence electrons. The predicted octanol–water partition coefficient (Wildman–Crippen LogP) is 3.32. The molecule has 0 heterocycles. The summed E-state index contributed by atoms with van der Waals surface area (Å²) in [5.41, 5.74) is 0.967. The third kappa shape index (κ3) is 4.77. The van der Waals surface area contributed by atoms with Crippen molar-refractivity contribution in [1.82, 2.24) is 0 Å². The summed E-state index contributed by atoms with van der Waals surface area (Å²) in [5, 5.41) is 9.88. The summed E-state index contributed by atoms with van der Waals surface area (Å²) in [6.45, 7) is 4.86. The van der Waals surface area contributed by atoms with Crippen molar-refractivity contribution in [2.75, 3.05) is 6.61 Å². The minimum atomic E-state index is -0.407. The Morgan fingerprint density at radius 2 is 1.88 bits per heavy atom. The molecule has 0 saturated heterocycles. The van der Waals surface area contributed by atoms with E-state index in [1.165, 1.54) is 0 Å². The summed E-state index contributed by atoms with van der Waals surface area (Å²) < 4.78 is 5.61. The molecule has 0 amide bonds. The monoisotopic (exact) mass is 222 g/mol. The molecule has 2 unspecified atom stereocenters. The van der Waals surface area contributed by atoms with Crippen LogP contribution in [0.4, 0.5) is 0 Å².